The van der Waals surface area contributed by atoms with Gasteiger partial charge in [0.1, 0.15) is 5.82 Å². The number of aromatic amines is 1. The molecule has 4 N–H and O–H groups in total. The number of hydrogen-bond donors (Lipinski definition) is 3. The maximum Gasteiger partial charge on any atom is 0.286 e. The predicted octanol–water partition coefficient (Wildman–Crippen LogP) is 2.72. The van der Waals surface area contributed by atoms with E-state index in [0.717, 1.165) is 0 Å². The lowest BCUT2D eigenvalue weighted by atomic mass is 10.2. The third-order valence-electron chi connectivity index (χ3n) is 4.94. The Morgan fingerprint density at radius 2 is 1.82 bits per heavy atom. The molecule has 0 spiro atoms. The van der Waals surface area contributed by atoms with Crippen LogP contribution < -0.4 is 11.1 Å². The Morgan fingerprint density at radius 1 is 1.00 bits per heavy atom. The third-order valence-corrected chi connectivity index (χ3v) is 6.43. The number of carbonyl (C=O) groups excluding carboxylic acids is 1. The van der Waals surface area contributed by atoms with Crippen LogP contribution in [0.15, 0.2) is 72.1 Å². The average Bonchev–Trinajstić information content (AvgIpc) is 3.24. The minimum absolute atomic E-state index is 0.104. The lowest BCUT2D eigenvalue weighted by Gasteiger charge is -2.09. The quantitative estimate of drug-likeness (QED) is 0.350. The summed E-state index contributed by atoms with van der Waals surface area (Å²) >= 11 is 0. The zero-order chi connectivity index (χ0) is 23.0. The van der Waals surface area contributed by atoms with Crippen molar-refractivity contribution in [2.75, 3.05) is 5.32 Å². The summed E-state index contributed by atoms with van der Waals surface area (Å²) in [6.07, 6.45) is 3.10. The van der Waals surface area contributed by atoms with E-state index in [4.69, 9.17) is 5.73 Å². The number of nitrogens with zero attached hydrogens (tertiary/aromatic N) is 4. The van der Waals surface area contributed by atoms with Crippen molar-refractivity contribution in [2.45, 2.75) is 10.9 Å². The SMILES string of the molecule is NC(=O)c1nc(Nc2ccc3nc(S(=O)(=O)Cc4ccccc4)[nH]c3c2)c2ccncc2n1. The van der Waals surface area contributed by atoms with Gasteiger partial charge in [0, 0.05) is 17.3 Å². The molecule has 33 heavy (non-hydrogen) atoms. The number of carbonyl (C=O) groups is 1. The van der Waals surface area contributed by atoms with Crippen LogP contribution in [0.25, 0.3) is 21.9 Å². The maximum absolute atomic E-state index is 12.8. The molecule has 0 aliphatic rings. The molecule has 10 nitrogen and oxygen atoms in total. The van der Waals surface area contributed by atoms with Crippen LogP contribution in [0.2, 0.25) is 0 Å². The molecule has 0 atom stereocenters. The van der Waals surface area contributed by atoms with Crippen molar-refractivity contribution in [3.63, 3.8) is 0 Å². The molecule has 0 radical (unpaired) electrons. The topological polar surface area (TPSA) is 157 Å². The Morgan fingerprint density at radius 3 is 2.61 bits per heavy atom. The van der Waals surface area contributed by atoms with E-state index >= 15 is 0 Å². The number of imidazole rings is 1. The summed E-state index contributed by atoms with van der Waals surface area (Å²) in [5.41, 5.74) is 8.13. The standard InChI is InChI=1S/C22H17N7O3S/c23-19(30)21-26-18-11-24-9-8-15(18)20(29-21)25-14-6-7-16-17(10-14)28-22(27-16)33(31,32)12-13-4-2-1-3-5-13/h1-11H,12H2,(H2,23,30)(H,27,28)(H,25,26,29). The fraction of sp³-hybridized carbons (Fsp3) is 0.0455. The molecule has 5 rings (SSSR count). The van der Waals surface area contributed by atoms with Gasteiger partial charge in [0.25, 0.3) is 5.91 Å². The normalized spacial score (nSPS) is 11.6. The monoisotopic (exact) mass is 459 g/mol. The van der Waals surface area contributed by atoms with Gasteiger partial charge < -0.3 is 16.0 Å². The van der Waals surface area contributed by atoms with Gasteiger partial charge in [-0.2, -0.15) is 0 Å². The number of primary amides is 1. The molecule has 0 unspecified atom stereocenters. The van der Waals surface area contributed by atoms with Gasteiger partial charge in [0.05, 0.1) is 28.5 Å². The summed E-state index contributed by atoms with van der Waals surface area (Å²) in [5.74, 6) is -0.696. The van der Waals surface area contributed by atoms with Gasteiger partial charge in [0.2, 0.25) is 20.8 Å². The van der Waals surface area contributed by atoms with Gasteiger partial charge in [-0.1, -0.05) is 30.3 Å². The second-order valence-corrected chi connectivity index (χ2v) is 9.20. The molecule has 0 fully saturated rings. The first kappa shape index (κ1) is 20.5. The highest BCUT2D eigenvalue weighted by atomic mass is 32.2. The molecule has 1 amide bonds. The Bertz CT molecular complexity index is 1620. The molecule has 11 heteroatoms. The third kappa shape index (κ3) is 4.08. The number of anilines is 2. The predicted molar refractivity (Wildman–Crippen MR) is 123 cm³/mol. The molecular weight excluding hydrogens is 442 g/mol. The lowest BCUT2D eigenvalue weighted by Crippen LogP contribution is -2.16. The van der Waals surface area contributed by atoms with E-state index in [1.165, 1.54) is 6.20 Å². The second-order valence-electron chi connectivity index (χ2n) is 7.30. The molecule has 3 aromatic heterocycles. The molecule has 0 bridgehead atoms. The van der Waals surface area contributed by atoms with Gasteiger partial charge in [0.15, 0.2) is 0 Å². The number of amides is 1. The Hall–Kier alpha value is -4.38. The molecule has 164 valence electrons. The molecule has 0 saturated heterocycles. The minimum atomic E-state index is -3.66. The summed E-state index contributed by atoms with van der Waals surface area (Å²) in [5, 5.41) is 3.68. The number of hydrogen-bond acceptors (Lipinski definition) is 8. The van der Waals surface area contributed by atoms with Crippen LogP contribution in [0.1, 0.15) is 16.2 Å². The van der Waals surface area contributed by atoms with Gasteiger partial charge in [-0.15, -0.1) is 0 Å². The molecule has 2 aromatic carbocycles. The van der Waals surface area contributed by atoms with E-state index in [2.05, 4.69) is 30.2 Å². The van der Waals surface area contributed by atoms with E-state index < -0.39 is 15.7 Å². The Balaban J connectivity index is 1.49. The zero-order valence-corrected chi connectivity index (χ0v) is 17.9. The number of fused-ring (bicyclic) bond motifs is 2. The van der Waals surface area contributed by atoms with Gasteiger partial charge in [-0.3, -0.25) is 9.78 Å². The van der Waals surface area contributed by atoms with Gasteiger partial charge >= 0.3 is 0 Å². The number of pyridine rings is 1. The average molecular weight is 459 g/mol. The summed E-state index contributed by atoms with van der Waals surface area (Å²) in [6, 6.07) is 15.8. The van der Waals surface area contributed by atoms with Crippen molar-refractivity contribution in [3.8, 4) is 0 Å². The number of nitrogens with one attached hydrogen (secondary N) is 2. The summed E-state index contributed by atoms with van der Waals surface area (Å²) in [6.45, 7) is 0. The number of benzene rings is 2. The number of aromatic nitrogens is 5. The number of rotatable bonds is 6. The first-order valence-electron chi connectivity index (χ1n) is 9.84. The van der Waals surface area contributed by atoms with Crippen LogP contribution in [0.3, 0.4) is 0 Å². The van der Waals surface area contributed by atoms with Crippen molar-refractivity contribution in [3.05, 3.63) is 78.4 Å². The van der Waals surface area contributed by atoms with Crippen molar-refractivity contribution in [1.82, 2.24) is 24.9 Å². The van der Waals surface area contributed by atoms with Crippen molar-refractivity contribution in [2.24, 2.45) is 5.73 Å². The van der Waals surface area contributed by atoms with Crippen LogP contribution in [-0.4, -0.2) is 39.2 Å². The lowest BCUT2D eigenvalue weighted by molar-refractivity contribution is 0.0991. The van der Waals surface area contributed by atoms with Crippen LogP contribution in [0.5, 0.6) is 0 Å². The molecular formula is C22H17N7O3S. The Kier molecular flexibility index (Phi) is 4.94. The minimum Gasteiger partial charge on any atom is -0.363 e. The van der Waals surface area contributed by atoms with Crippen molar-refractivity contribution >= 4 is 49.2 Å². The number of H-pyrrole nitrogens is 1. The largest absolute Gasteiger partial charge is 0.363 e. The maximum atomic E-state index is 12.8. The van der Waals surface area contributed by atoms with E-state index in [9.17, 15) is 13.2 Å². The molecule has 0 aliphatic heterocycles. The van der Waals surface area contributed by atoms with Crippen LogP contribution in [0.4, 0.5) is 11.5 Å². The van der Waals surface area contributed by atoms with E-state index in [-0.39, 0.29) is 16.7 Å². The summed E-state index contributed by atoms with van der Waals surface area (Å²) in [4.78, 5) is 31.1. The van der Waals surface area contributed by atoms with Gasteiger partial charge in [-0.25, -0.2) is 23.4 Å². The van der Waals surface area contributed by atoms with Crippen LogP contribution >= 0.6 is 0 Å². The van der Waals surface area contributed by atoms with E-state index in [1.807, 2.05) is 6.07 Å². The first-order chi connectivity index (χ1) is 15.9. The molecule has 3 heterocycles. The van der Waals surface area contributed by atoms with Crippen LogP contribution in [0, 0.1) is 0 Å². The fourth-order valence-electron chi connectivity index (χ4n) is 3.40. The van der Waals surface area contributed by atoms with E-state index in [0.29, 0.717) is 39.0 Å². The fourth-order valence-corrected chi connectivity index (χ4v) is 4.67. The Labute approximate surface area is 187 Å². The number of sulfone groups is 1. The molecule has 0 aliphatic carbocycles. The highest BCUT2D eigenvalue weighted by Gasteiger charge is 2.20. The number of nitrogens with two attached hydrogens (primary N) is 1. The molecule has 5 aromatic rings. The highest BCUT2D eigenvalue weighted by molar-refractivity contribution is 7.90. The zero-order valence-electron chi connectivity index (χ0n) is 17.1. The molecule has 0 saturated carbocycles. The van der Waals surface area contributed by atoms with Crippen molar-refractivity contribution < 1.29 is 13.2 Å². The van der Waals surface area contributed by atoms with Crippen molar-refractivity contribution in [1.29, 1.82) is 0 Å². The van der Waals surface area contributed by atoms with E-state index in [1.54, 1.807) is 54.7 Å². The van der Waals surface area contributed by atoms with Crippen LogP contribution in [-0.2, 0) is 15.6 Å². The second kappa shape index (κ2) is 7.95. The summed E-state index contributed by atoms with van der Waals surface area (Å²) < 4.78 is 25.6. The smallest absolute Gasteiger partial charge is 0.286 e. The first-order valence-corrected chi connectivity index (χ1v) is 11.5. The summed E-state index contributed by atoms with van der Waals surface area (Å²) in [7, 11) is -3.66. The highest BCUT2D eigenvalue weighted by Crippen LogP contribution is 2.26. The van der Waals surface area contributed by atoms with Gasteiger partial charge in [-0.05, 0) is 29.8 Å².